The number of cyclic esters (lactones) is 1. The Labute approximate surface area is 255 Å². The van der Waals surface area contributed by atoms with Crippen LogP contribution in [0, 0.1) is 29.6 Å². The summed E-state index contributed by atoms with van der Waals surface area (Å²) in [6, 6.07) is -0.373. The van der Waals surface area contributed by atoms with Crippen LogP contribution < -0.4 is 0 Å². The molecule has 248 valence electrons. The monoisotopic (exact) mass is 601 g/mol. The van der Waals surface area contributed by atoms with Gasteiger partial charge in [0.15, 0.2) is 6.29 Å². The van der Waals surface area contributed by atoms with Gasteiger partial charge in [-0.2, -0.15) is 0 Å². The molecule has 0 aromatic heterocycles. The number of carbonyl (C=O) groups excluding carboxylic acids is 1. The number of aliphatic hydroxyl groups excluding tert-OH is 1. The van der Waals surface area contributed by atoms with Crippen LogP contribution in [0.1, 0.15) is 95.4 Å². The van der Waals surface area contributed by atoms with Crippen molar-refractivity contribution in [2.75, 3.05) is 27.8 Å². The van der Waals surface area contributed by atoms with Gasteiger partial charge < -0.3 is 38.8 Å². The van der Waals surface area contributed by atoms with Crippen molar-refractivity contribution in [3.8, 4) is 0 Å². The maximum Gasteiger partial charge on any atom is 0.311 e. The van der Waals surface area contributed by atoms with Gasteiger partial charge in [0.05, 0.1) is 29.3 Å². The predicted octanol–water partition coefficient (Wildman–Crippen LogP) is 4.65. The first kappa shape index (κ1) is 37.4. The highest BCUT2D eigenvalue weighted by atomic mass is 16.7. The number of hydrogen-bond acceptors (Lipinski definition) is 9. The van der Waals surface area contributed by atoms with Crippen molar-refractivity contribution in [2.24, 2.45) is 29.6 Å². The van der Waals surface area contributed by atoms with Gasteiger partial charge in [-0.25, -0.2) is 0 Å². The van der Waals surface area contributed by atoms with E-state index in [1.165, 1.54) is 0 Å². The van der Waals surface area contributed by atoms with Gasteiger partial charge in [0.25, 0.3) is 0 Å². The normalized spacial score (nSPS) is 49.1. The second-order valence-corrected chi connectivity index (χ2v) is 14.3. The molecule has 2 aliphatic heterocycles. The van der Waals surface area contributed by atoms with Crippen LogP contribution in [0.4, 0.5) is 0 Å². The van der Waals surface area contributed by atoms with Gasteiger partial charge in [-0.1, -0.05) is 34.6 Å². The molecule has 2 saturated heterocycles. The first-order valence-corrected chi connectivity index (χ1v) is 16.0. The molecule has 0 aliphatic carbocycles. The molecule has 2 rings (SSSR count). The van der Waals surface area contributed by atoms with Gasteiger partial charge >= 0.3 is 5.97 Å². The van der Waals surface area contributed by atoms with Gasteiger partial charge in [-0.05, 0) is 79.2 Å². The molecule has 0 radical (unpaired) electrons. The Balaban J connectivity index is 2.57. The zero-order chi connectivity index (χ0) is 32.4. The molecule has 14 atom stereocenters. The third-order valence-electron chi connectivity index (χ3n) is 11.4. The van der Waals surface area contributed by atoms with E-state index in [1.54, 1.807) is 21.1 Å². The molecule has 2 N–H and O–H groups in total. The van der Waals surface area contributed by atoms with Crippen LogP contribution in [0.3, 0.4) is 0 Å². The number of aliphatic hydroxyl groups is 2. The average Bonchev–Trinajstić information content (AvgIpc) is 2.94. The van der Waals surface area contributed by atoms with Crippen LogP contribution >= 0.6 is 0 Å². The Morgan fingerprint density at radius 2 is 1.50 bits per heavy atom. The molecule has 9 heteroatoms. The van der Waals surface area contributed by atoms with E-state index in [0.717, 1.165) is 6.42 Å². The van der Waals surface area contributed by atoms with Crippen LogP contribution in [0.2, 0.25) is 0 Å². The zero-order valence-corrected chi connectivity index (χ0v) is 29.0. The van der Waals surface area contributed by atoms with E-state index in [-0.39, 0.29) is 35.8 Å². The number of ether oxygens (including phenoxy) is 5. The minimum Gasteiger partial charge on any atom is -0.459 e. The Morgan fingerprint density at radius 3 is 2.02 bits per heavy atom. The molecular weight excluding hydrogens is 538 g/mol. The molecule has 42 heavy (non-hydrogen) atoms. The SMILES string of the molecule is CC[C@H]1OC(=O)[C@H](C)[C@@H](O[C@H]2C[C@@](C)(OC)[C@@H](C)[C@H](C)O2)[C@H](C)[C@@H](C)[C@](C)(OC)C[C@@H](C)CN(C)[C@H](C)[C@@H](O)[C@]1(C)O. The Morgan fingerprint density at radius 1 is 0.952 bits per heavy atom. The number of carbonyl (C=O) groups is 1. The van der Waals surface area contributed by atoms with Crippen molar-refractivity contribution in [3.05, 3.63) is 0 Å². The van der Waals surface area contributed by atoms with E-state index in [9.17, 15) is 15.0 Å². The van der Waals surface area contributed by atoms with Crippen LogP contribution in [0.25, 0.3) is 0 Å². The summed E-state index contributed by atoms with van der Waals surface area (Å²) >= 11 is 0. The lowest BCUT2D eigenvalue weighted by molar-refractivity contribution is -0.284. The van der Waals surface area contributed by atoms with Crippen LogP contribution in [-0.2, 0) is 28.5 Å². The topological polar surface area (TPSA) is 107 Å². The molecule has 0 amide bonds. The summed E-state index contributed by atoms with van der Waals surface area (Å²) in [6.07, 6.45) is -1.65. The third-order valence-corrected chi connectivity index (χ3v) is 11.4. The number of hydrogen-bond donors (Lipinski definition) is 2. The van der Waals surface area contributed by atoms with E-state index in [4.69, 9.17) is 23.7 Å². The molecular formula is C33H63NO8. The summed E-state index contributed by atoms with van der Waals surface area (Å²) in [5.74, 6) is -0.893. The van der Waals surface area contributed by atoms with Gasteiger partial charge in [0.2, 0.25) is 0 Å². The number of nitrogens with zero attached hydrogens (tertiary/aromatic N) is 1. The molecule has 0 bridgehead atoms. The number of rotatable bonds is 5. The summed E-state index contributed by atoms with van der Waals surface area (Å²) in [5.41, 5.74) is -2.61. The zero-order valence-electron chi connectivity index (χ0n) is 29.0. The maximum atomic E-state index is 13.8. The fourth-order valence-electron chi connectivity index (χ4n) is 7.27. The number of likely N-dealkylation sites (N-methyl/N-ethyl adjacent to an activating group) is 1. The van der Waals surface area contributed by atoms with Gasteiger partial charge in [-0.3, -0.25) is 4.79 Å². The first-order valence-electron chi connectivity index (χ1n) is 16.0. The van der Waals surface area contributed by atoms with Crippen LogP contribution in [0.15, 0.2) is 0 Å². The summed E-state index contributed by atoms with van der Waals surface area (Å²) in [6.45, 7) is 22.6. The lowest BCUT2D eigenvalue weighted by Crippen LogP contribution is -2.59. The van der Waals surface area contributed by atoms with Crippen LogP contribution in [-0.4, -0.2) is 102 Å². The lowest BCUT2D eigenvalue weighted by atomic mass is 9.72. The van der Waals surface area contributed by atoms with E-state index in [2.05, 4.69) is 46.4 Å². The van der Waals surface area contributed by atoms with E-state index in [0.29, 0.717) is 19.4 Å². The minimum absolute atomic E-state index is 0.00229. The highest BCUT2D eigenvalue weighted by Gasteiger charge is 2.49. The minimum atomic E-state index is -1.66. The molecule has 2 heterocycles. The molecule has 2 fully saturated rings. The number of methoxy groups -OCH3 is 2. The lowest BCUT2D eigenvalue weighted by Gasteiger charge is -2.48. The fourth-order valence-corrected chi connectivity index (χ4v) is 7.27. The van der Waals surface area contributed by atoms with Crippen molar-refractivity contribution in [1.29, 1.82) is 0 Å². The van der Waals surface area contributed by atoms with E-state index < -0.39 is 53.3 Å². The molecule has 0 unspecified atom stereocenters. The second-order valence-electron chi connectivity index (χ2n) is 14.3. The summed E-state index contributed by atoms with van der Waals surface area (Å²) in [7, 11) is 5.41. The van der Waals surface area contributed by atoms with Crippen molar-refractivity contribution in [3.63, 3.8) is 0 Å². The highest BCUT2D eigenvalue weighted by molar-refractivity contribution is 5.73. The van der Waals surface area contributed by atoms with Crippen molar-refractivity contribution in [2.45, 2.75) is 149 Å². The van der Waals surface area contributed by atoms with Crippen molar-refractivity contribution in [1.82, 2.24) is 4.90 Å². The van der Waals surface area contributed by atoms with Crippen molar-refractivity contribution >= 4 is 5.97 Å². The maximum absolute atomic E-state index is 13.8. The smallest absolute Gasteiger partial charge is 0.311 e. The van der Waals surface area contributed by atoms with Gasteiger partial charge in [-0.15, -0.1) is 0 Å². The Hall–Kier alpha value is -0.810. The number of esters is 1. The molecule has 0 spiro atoms. The fraction of sp³-hybridized carbons (Fsp3) is 0.970. The van der Waals surface area contributed by atoms with Crippen LogP contribution in [0.5, 0.6) is 0 Å². The summed E-state index contributed by atoms with van der Waals surface area (Å²) in [5, 5.41) is 22.9. The Bertz CT molecular complexity index is 871. The highest BCUT2D eigenvalue weighted by Crippen LogP contribution is 2.42. The quantitative estimate of drug-likeness (QED) is 0.436. The van der Waals surface area contributed by atoms with E-state index in [1.807, 2.05) is 34.7 Å². The van der Waals surface area contributed by atoms with E-state index >= 15 is 0 Å². The predicted molar refractivity (Wildman–Crippen MR) is 164 cm³/mol. The summed E-state index contributed by atoms with van der Waals surface area (Å²) in [4.78, 5) is 15.9. The molecule has 0 aromatic carbocycles. The average molecular weight is 602 g/mol. The standard InChI is InChI=1S/C33H63NO8/c1-15-26-33(11,37)29(35)24(7)34(12)18-19(2)16-31(9,38-13)22(5)20(3)28(21(4)30(36)41-26)42-27-17-32(10,39-14)23(6)25(8)40-27/h19-29,35,37H,15-18H2,1-14H3/t19-,20-,21-,22-,23+,24-,25+,26-,27+,28+,29-,31-,32-,33-/m1/s1. The summed E-state index contributed by atoms with van der Waals surface area (Å²) < 4.78 is 31.3. The molecule has 0 saturated carbocycles. The molecule has 0 aromatic rings. The van der Waals surface area contributed by atoms with Gasteiger partial charge in [0.1, 0.15) is 17.8 Å². The second kappa shape index (κ2) is 14.5. The third kappa shape index (κ3) is 7.88. The largest absolute Gasteiger partial charge is 0.459 e. The van der Waals surface area contributed by atoms with Crippen molar-refractivity contribution < 1.29 is 38.7 Å². The Kier molecular flexibility index (Phi) is 12.9. The first-order chi connectivity index (χ1) is 19.3. The molecule has 2 aliphatic rings. The molecule has 9 nitrogen and oxygen atoms in total. The van der Waals surface area contributed by atoms with Gasteiger partial charge in [0, 0.05) is 39.1 Å².